The highest BCUT2D eigenvalue weighted by Gasteiger charge is 2.58. The number of amides is 1. The fourth-order valence-electron chi connectivity index (χ4n) is 4.62. The Morgan fingerprint density at radius 3 is 2.77 bits per heavy atom. The number of rotatable bonds is 2. The Labute approximate surface area is 153 Å². The molecule has 6 nitrogen and oxygen atoms in total. The highest BCUT2D eigenvalue weighted by molar-refractivity contribution is 5.86. The molecule has 2 aromatic rings. The lowest BCUT2D eigenvalue weighted by atomic mass is 9.81. The van der Waals surface area contributed by atoms with Crippen molar-refractivity contribution in [1.29, 1.82) is 0 Å². The number of nitrogens with one attached hydrogen (secondary N) is 1. The fourth-order valence-corrected chi connectivity index (χ4v) is 4.62. The van der Waals surface area contributed by atoms with Gasteiger partial charge in [0.1, 0.15) is 5.75 Å². The number of fused-ring (bicyclic) bond motifs is 3. The third-order valence-electron chi connectivity index (χ3n) is 5.72. The molecule has 3 atom stereocenters. The quantitative estimate of drug-likeness (QED) is 0.661. The summed E-state index contributed by atoms with van der Waals surface area (Å²) in [4.78, 5) is 14.2. The van der Waals surface area contributed by atoms with E-state index in [0.717, 1.165) is 17.7 Å². The van der Waals surface area contributed by atoms with Crippen molar-refractivity contribution in [3.8, 4) is 5.75 Å². The van der Waals surface area contributed by atoms with Crippen LogP contribution in [0.15, 0.2) is 48.5 Å². The van der Waals surface area contributed by atoms with Gasteiger partial charge in [-0.25, -0.2) is 4.79 Å². The predicted octanol–water partition coefficient (Wildman–Crippen LogP) is 3.68. The van der Waals surface area contributed by atoms with Crippen LogP contribution in [0.25, 0.3) is 0 Å². The van der Waals surface area contributed by atoms with Crippen molar-refractivity contribution >= 4 is 17.5 Å². The Hall–Kier alpha value is -2.57. The van der Waals surface area contributed by atoms with Gasteiger partial charge in [-0.2, -0.15) is 0 Å². The van der Waals surface area contributed by atoms with Gasteiger partial charge >= 0.3 is 6.09 Å². The smallest absolute Gasteiger partial charge is 0.417 e. The van der Waals surface area contributed by atoms with Gasteiger partial charge in [0.2, 0.25) is 0 Å². The van der Waals surface area contributed by atoms with E-state index in [-0.39, 0.29) is 16.2 Å². The summed E-state index contributed by atoms with van der Waals surface area (Å²) in [7, 11) is 3.71. The molecule has 136 valence electrons. The van der Waals surface area contributed by atoms with E-state index in [2.05, 4.69) is 17.1 Å². The molecule has 1 N–H and O–H groups in total. The molecule has 0 aromatic heterocycles. The maximum absolute atomic E-state index is 12.9. The van der Waals surface area contributed by atoms with E-state index in [0.29, 0.717) is 18.0 Å². The second-order valence-electron chi connectivity index (χ2n) is 7.61. The monoisotopic (exact) mass is 353 g/mol. The van der Waals surface area contributed by atoms with E-state index < -0.39 is 6.09 Å². The third kappa shape index (κ3) is 2.53. The fraction of sp³-hybridized carbons (Fsp3) is 0.350. The van der Waals surface area contributed by atoms with Crippen molar-refractivity contribution in [3.63, 3.8) is 0 Å². The van der Waals surface area contributed by atoms with Crippen LogP contribution in [0.5, 0.6) is 5.75 Å². The lowest BCUT2D eigenvalue weighted by Crippen LogP contribution is -2.54. The molecule has 1 saturated heterocycles. The maximum atomic E-state index is 12.9. The third-order valence-corrected chi connectivity index (χ3v) is 5.72. The highest BCUT2D eigenvalue weighted by Crippen LogP contribution is 2.54. The number of likely N-dealkylation sites (tertiary alicyclic amines) is 1. The molecule has 6 heteroatoms. The van der Waals surface area contributed by atoms with Crippen molar-refractivity contribution in [2.75, 3.05) is 30.9 Å². The summed E-state index contributed by atoms with van der Waals surface area (Å²) < 4.78 is 5.20. The molecule has 2 heterocycles. The SMILES string of the molecule is CN1c2ccc(OC(=O)Nc3ccccc3)cc2[C@]2(C)CC[N+](C)([O-])[C@H]12. The number of nitrogens with zero attached hydrogens (tertiary/aromatic N) is 2. The molecule has 26 heavy (non-hydrogen) atoms. The molecular formula is C20H23N3O3. The van der Waals surface area contributed by atoms with E-state index in [1.54, 1.807) is 25.2 Å². The Bertz CT molecular complexity index is 853. The number of benzene rings is 2. The number of likely N-dealkylation sites (N-methyl/N-ethyl adjacent to an activating group) is 2. The Morgan fingerprint density at radius 1 is 1.31 bits per heavy atom. The minimum Gasteiger partial charge on any atom is -0.631 e. The molecule has 4 rings (SSSR count). The zero-order valence-corrected chi connectivity index (χ0v) is 15.2. The molecule has 0 saturated carbocycles. The molecule has 2 aliphatic rings. The second kappa shape index (κ2) is 5.72. The van der Waals surface area contributed by atoms with E-state index in [9.17, 15) is 10.0 Å². The molecule has 1 fully saturated rings. The van der Waals surface area contributed by atoms with Crippen LogP contribution in [0.3, 0.4) is 0 Å². The number of ether oxygens (including phenoxy) is 1. The first-order valence-corrected chi connectivity index (χ1v) is 8.79. The molecule has 0 bridgehead atoms. The minimum atomic E-state index is -0.528. The van der Waals surface area contributed by atoms with Crippen LogP contribution in [0.2, 0.25) is 0 Å². The Morgan fingerprint density at radius 2 is 2.04 bits per heavy atom. The first kappa shape index (κ1) is 16.9. The van der Waals surface area contributed by atoms with Crippen molar-refractivity contribution < 1.29 is 14.2 Å². The van der Waals surface area contributed by atoms with Gasteiger partial charge in [0.05, 0.1) is 19.0 Å². The lowest BCUT2D eigenvalue weighted by Gasteiger charge is -2.44. The summed E-state index contributed by atoms with van der Waals surface area (Å²) in [5.74, 6) is 0.486. The molecule has 0 aliphatic carbocycles. The topological polar surface area (TPSA) is 64.6 Å². The summed E-state index contributed by atoms with van der Waals surface area (Å²) in [6.45, 7) is 2.72. The average Bonchev–Trinajstić information content (AvgIpc) is 2.98. The Balaban J connectivity index is 1.58. The van der Waals surface area contributed by atoms with Crippen LogP contribution in [-0.2, 0) is 5.41 Å². The first-order valence-electron chi connectivity index (χ1n) is 8.79. The molecular weight excluding hydrogens is 330 g/mol. The normalized spacial score (nSPS) is 29.2. The van der Waals surface area contributed by atoms with E-state index in [4.69, 9.17) is 4.74 Å². The number of quaternary nitrogens is 1. The molecule has 2 aromatic carbocycles. The second-order valence-corrected chi connectivity index (χ2v) is 7.61. The number of carbonyl (C=O) groups is 1. The van der Waals surface area contributed by atoms with E-state index in [1.807, 2.05) is 37.4 Å². The van der Waals surface area contributed by atoms with Crippen LogP contribution >= 0.6 is 0 Å². The number of carbonyl (C=O) groups excluding carboxylic acids is 1. The van der Waals surface area contributed by atoms with Crippen LogP contribution < -0.4 is 15.0 Å². The van der Waals surface area contributed by atoms with Gasteiger partial charge < -0.3 is 19.5 Å². The van der Waals surface area contributed by atoms with Gasteiger partial charge in [-0.15, -0.1) is 0 Å². The largest absolute Gasteiger partial charge is 0.631 e. The number of anilines is 2. The maximum Gasteiger partial charge on any atom is 0.417 e. The first-order chi connectivity index (χ1) is 12.3. The molecule has 0 spiro atoms. The number of hydrogen-bond donors (Lipinski definition) is 1. The summed E-state index contributed by atoms with van der Waals surface area (Å²) in [6.07, 6.45) is 0.139. The van der Waals surface area contributed by atoms with Gasteiger partial charge in [0.25, 0.3) is 0 Å². The highest BCUT2D eigenvalue weighted by atomic mass is 16.6. The number of hydroxylamine groups is 3. The molecule has 2 aliphatic heterocycles. The van der Waals surface area contributed by atoms with E-state index >= 15 is 0 Å². The summed E-state index contributed by atoms with van der Waals surface area (Å²) >= 11 is 0. The van der Waals surface area contributed by atoms with Crippen LogP contribution in [-0.4, -0.2) is 37.5 Å². The molecule has 0 radical (unpaired) electrons. The summed E-state index contributed by atoms with van der Waals surface area (Å²) in [5.41, 5.74) is 2.55. The predicted molar refractivity (Wildman–Crippen MR) is 101 cm³/mol. The van der Waals surface area contributed by atoms with Crippen molar-refractivity contribution in [2.24, 2.45) is 0 Å². The lowest BCUT2D eigenvalue weighted by molar-refractivity contribution is -0.874. The summed E-state index contributed by atoms with van der Waals surface area (Å²) in [6, 6.07) is 14.8. The van der Waals surface area contributed by atoms with Crippen LogP contribution in [0, 0.1) is 5.21 Å². The van der Waals surface area contributed by atoms with Gasteiger partial charge in [0, 0.05) is 24.8 Å². The van der Waals surface area contributed by atoms with Crippen molar-refractivity contribution in [3.05, 3.63) is 59.3 Å². The van der Waals surface area contributed by atoms with Gasteiger partial charge in [-0.3, -0.25) is 5.32 Å². The van der Waals surface area contributed by atoms with Gasteiger partial charge in [-0.05, 0) is 42.8 Å². The van der Waals surface area contributed by atoms with Gasteiger partial charge in [0.15, 0.2) is 6.17 Å². The number of para-hydroxylation sites is 1. The van der Waals surface area contributed by atoms with Gasteiger partial charge in [-0.1, -0.05) is 18.2 Å². The molecule has 1 unspecified atom stereocenters. The van der Waals surface area contributed by atoms with E-state index in [1.165, 1.54) is 0 Å². The van der Waals surface area contributed by atoms with Crippen molar-refractivity contribution in [1.82, 2.24) is 0 Å². The Kier molecular flexibility index (Phi) is 3.71. The molecule has 1 amide bonds. The van der Waals surface area contributed by atoms with Crippen LogP contribution in [0.4, 0.5) is 16.2 Å². The van der Waals surface area contributed by atoms with Crippen LogP contribution in [0.1, 0.15) is 18.9 Å². The average molecular weight is 353 g/mol. The zero-order valence-electron chi connectivity index (χ0n) is 15.2. The number of hydrogen-bond acceptors (Lipinski definition) is 4. The zero-order chi connectivity index (χ0) is 18.5. The summed E-state index contributed by atoms with van der Waals surface area (Å²) in [5, 5.41) is 15.6. The van der Waals surface area contributed by atoms with Crippen molar-refractivity contribution in [2.45, 2.75) is 24.9 Å². The minimum absolute atomic E-state index is 0.147. The standard InChI is InChI=1S/C20H23N3O3/c1-20-11-12-23(3,25)18(20)22(2)17-10-9-15(13-16(17)20)26-19(24)21-14-7-5-4-6-8-14/h4-10,13,18H,11-12H2,1-3H3,(H,21,24)/t18-,20-,23?/m0/s1.